The molecule has 1 aromatic carbocycles. The summed E-state index contributed by atoms with van der Waals surface area (Å²) in [4.78, 5) is 26.6. The topological polar surface area (TPSA) is 107 Å². The van der Waals surface area contributed by atoms with Crippen LogP contribution in [0.5, 0.6) is 5.88 Å². The number of anilines is 2. The van der Waals surface area contributed by atoms with Crippen molar-refractivity contribution in [2.75, 3.05) is 76.0 Å². The molecule has 2 aromatic heterocycles. The van der Waals surface area contributed by atoms with Gasteiger partial charge >= 0.3 is 0 Å². The number of amides is 1. The molecule has 0 saturated carbocycles. The number of rotatable bonds is 7. The molecule has 0 aliphatic carbocycles. The molecule has 0 radical (unpaired) electrons. The van der Waals surface area contributed by atoms with Crippen molar-refractivity contribution in [1.29, 1.82) is 0 Å². The highest BCUT2D eigenvalue weighted by Crippen LogP contribution is 2.21. The van der Waals surface area contributed by atoms with Crippen LogP contribution in [-0.4, -0.2) is 96.3 Å². The van der Waals surface area contributed by atoms with Crippen LogP contribution in [0.3, 0.4) is 0 Å². The molecule has 1 amide bonds. The number of aryl methyl sites for hydroxylation is 1. The molecule has 11 heteroatoms. The number of ether oxygens (including phenoxy) is 3. The fourth-order valence-electron chi connectivity index (χ4n) is 4.03. The summed E-state index contributed by atoms with van der Waals surface area (Å²) < 4.78 is 18.6. The van der Waals surface area contributed by atoms with Gasteiger partial charge in [-0.25, -0.2) is 4.98 Å². The van der Waals surface area contributed by atoms with Crippen LogP contribution in [0.4, 0.5) is 11.6 Å². The van der Waals surface area contributed by atoms with E-state index in [9.17, 15) is 4.79 Å². The van der Waals surface area contributed by atoms with E-state index in [-0.39, 0.29) is 11.6 Å². The summed E-state index contributed by atoms with van der Waals surface area (Å²) in [5, 5.41) is 8.20. The van der Waals surface area contributed by atoms with Gasteiger partial charge < -0.3 is 24.4 Å². The lowest BCUT2D eigenvalue weighted by Crippen LogP contribution is -2.39. The van der Waals surface area contributed by atoms with Crippen molar-refractivity contribution in [3.05, 3.63) is 36.2 Å². The minimum absolute atomic E-state index is 0.253. The molecular formula is C23H29N7O4. The molecule has 180 valence electrons. The summed E-state index contributed by atoms with van der Waals surface area (Å²) >= 11 is 0. The minimum Gasteiger partial charge on any atom is -0.476 e. The summed E-state index contributed by atoms with van der Waals surface area (Å²) in [6.45, 7) is 7.01. The van der Waals surface area contributed by atoms with Gasteiger partial charge in [-0.15, -0.1) is 0 Å². The van der Waals surface area contributed by atoms with Crippen LogP contribution in [0, 0.1) is 0 Å². The number of nitrogens with one attached hydrogen (secondary N) is 1. The molecule has 5 rings (SSSR count). The zero-order chi connectivity index (χ0) is 23.3. The quantitative estimate of drug-likeness (QED) is 0.548. The average Bonchev–Trinajstić information content (AvgIpc) is 3.25. The van der Waals surface area contributed by atoms with Crippen molar-refractivity contribution in [1.82, 2.24) is 24.6 Å². The fraction of sp³-hybridized carbons (Fsp3) is 0.478. The lowest BCUT2D eigenvalue weighted by Gasteiger charge is -2.27. The third-order valence-corrected chi connectivity index (χ3v) is 5.99. The Morgan fingerprint density at radius 2 is 1.82 bits per heavy atom. The normalized spacial score (nSPS) is 17.1. The zero-order valence-corrected chi connectivity index (χ0v) is 19.3. The Morgan fingerprint density at radius 3 is 2.62 bits per heavy atom. The average molecular weight is 468 g/mol. The minimum atomic E-state index is -0.323. The van der Waals surface area contributed by atoms with Gasteiger partial charge in [-0.05, 0) is 18.2 Å². The van der Waals surface area contributed by atoms with Gasteiger partial charge in [0, 0.05) is 56.9 Å². The van der Waals surface area contributed by atoms with E-state index in [4.69, 9.17) is 14.2 Å². The Morgan fingerprint density at radius 1 is 1.06 bits per heavy atom. The first-order chi connectivity index (χ1) is 16.7. The number of nitrogens with zero attached hydrogens (tertiary/aromatic N) is 6. The van der Waals surface area contributed by atoms with E-state index in [1.807, 2.05) is 30.1 Å². The van der Waals surface area contributed by atoms with Crippen molar-refractivity contribution in [2.45, 2.75) is 0 Å². The number of carbonyl (C=O) groups is 1. The number of morpholine rings is 2. The van der Waals surface area contributed by atoms with Gasteiger partial charge in [0.2, 0.25) is 11.8 Å². The molecule has 2 saturated heterocycles. The maximum Gasteiger partial charge on any atom is 0.274 e. The van der Waals surface area contributed by atoms with Crippen LogP contribution in [0.25, 0.3) is 10.9 Å². The first kappa shape index (κ1) is 22.5. The van der Waals surface area contributed by atoms with E-state index in [1.54, 1.807) is 16.9 Å². The van der Waals surface area contributed by atoms with Gasteiger partial charge in [0.25, 0.3) is 5.91 Å². The Balaban J connectivity index is 1.33. The Labute approximate surface area is 197 Å². The molecule has 11 nitrogen and oxygen atoms in total. The van der Waals surface area contributed by atoms with E-state index in [0.717, 1.165) is 43.8 Å². The highest BCUT2D eigenvalue weighted by molar-refractivity contribution is 6.04. The van der Waals surface area contributed by atoms with Gasteiger partial charge in [-0.1, -0.05) is 0 Å². The number of benzene rings is 1. The van der Waals surface area contributed by atoms with Gasteiger partial charge in [0.05, 0.1) is 38.1 Å². The number of hydrogen-bond acceptors (Lipinski definition) is 9. The maximum atomic E-state index is 13.1. The van der Waals surface area contributed by atoms with Crippen LogP contribution < -0.4 is 15.0 Å². The molecule has 1 N–H and O–H groups in total. The van der Waals surface area contributed by atoms with Crippen LogP contribution in [0.15, 0.2) is 30.5 Å². The van der Waals surface area contributed by atoms with Crippen molar-refractivity contribution in [3.63, 3.8) is 0 Å². The second-order valence-corrected chi connectivity index (χ2v) is 8.29. The standard InChI is InChI=1S/C23H29N7O4/c1-28-20-14-18(3-2-17(20)16-24-28)25-22(31)19-15-21(34-13-6-29-4-9-32-10-5-29)27-23(26-19)30-7-11-33-12-8-30/h2-3,14-16H,4-13H2,1H3,(H,25,31). The zero-order valence-electron chi connectivity index (χ0n) is 19.3. The fourth-order valence-corrected chi connectivity index (χ4v) is 4.03. The monoisotopic (exact) mass is 467 g/mol. The molecular weight excluding hydrogens is 438 g/mol. The van der Waals surface area contributed by atoms with Crippen LogP contribution in [-0.2, 0) is 16.5 Å². The third-order valence-electron chi connectivity index (χ3n) is 5.99. The van der Waals surface area contributed by atoms with Gasteiger partial charge in [0.15, 0.2) is 0 Å². The summed E-state index contributed by atoms with van der Waals surface area (Å²) in [5.74, 6) is 0.535. The van der Waals surface area contributed by atoms with E-state index in [0.29, 0.717) is 50.4 Å². The van der Waals surface area contributed by atoms with Crippen LogP contribution in [0.2, 0.25) is 0 Å². The first-order valence-corrected chi connectivity index (χ1v) is 11.5. The largest absolute Gasteiger partial charge is 0.476 e. The molecule has 2 aliphatic rings. The second kappa shape index (κ2) is 10.3. The molecule has 3 aromatic rings. The molecule has 4 heterocycles. The predicted octanol–water partition coefficient (Wildman–Crippen LogP) is 1.16. The molecule has 0 spiro atoms. The molecule has 2 aliphatic heterocycles. The molecule has 0 unspecified atom stereocenters. The number of aromatic nitrogens is 4. The molecule has 0 atom stereocenters. The van der Waals surface area contributed by atoms with E-state index in [2.05, 4.69) is 25.3 Å². The number of hydrogen-bond donors (Lipinski definition) is 1. The van der Waals surface area contributed by atoms with Crippen molar-refractivity contribution >= 4 is 28.4 Å². The maximum absolute atomic E-state index is 13.1. The van der Waals surface area contributed by atoms with Crippen LogP contribution >= 0.6 is 0 Å². The van der Waals surface area contributed by atoms with Gasteiger partial charge in [0.1, 0.15) is 12.3 Å². The van der Waals surface area contributed by atoms with E-state index in [1.165, 1.54) is 0 Å². The Bertz CT molecular complexity index is 1140. The molecule has 0 bridgehead atoms. The van der Waals surface area contributed by atoms with Crippen LogP contribution in [0.1, 0.15) is 10.5 Å². The van der Waals surface area contributed by atoms with E-state index < -0.39 is 0 Å². The van der Waals surface area contributed by atoms with Crippen molar-refractivity contribution in [2.24, 2.45) is 7.05 Å². The third kappa shape index (κ3) is 5.27. The smallest absolute Gasteiger partial charge is 0.274 e. The molecule has 2 fully saturated rings. The summed E-state index contributed by atoms with van der Waals surface area (Å²) in [5.41, 5.74) is 1.85. The second-order valence-electron chi connectivity index (χ2n) is 8.29. The number of carbonyl (C=O) groups excluding carboxylic acids is 1. The van der Waals surface area contributed by atoms with Crippen molar-refractivity contribution < 1.29 is 19.0 Å². The summed E-state index contributed by atoms with van der Waals surface area (Å²) in [7, 11) is 1.87. The highest BCUT2D eigenvalue weighted by Gasteiger charge is 2.20. The highest BCUT2D eigenvalue weighted by atomic mass is 16.5. The summed E-state index contributed by atoms with van der Waals surface area (Å²) in [6, 6.07) is 7.27. The SMILES string of the molecule is Cn1ncc2ccc(NC(=O)c3cc(OCCN4CCOCC4)nc(N4CCOCC4)n3)cc21. The Kier molecular flexibility index (Phi) is 6.84. The lowest BCUT2D eigenvalue weighted by atomic mass is 10.2. The van der Waals surface area contributed by atoms with Gasteiger partial charge in [-0.2, -0.15) is 10.1 Å². The number of fused-ring (bicyclic) bond motifs is 1. The lowest BCUT2D eigenvalue weighted by molar-refractivity contribution is 0.0320. The summed E-state index contributed by atoms with van der Waals surface area (Å²) in [6.07, 6.45) is 1.79. The van der Waals surface area contributed by atoms with Gasteiger partial charge in [-0.3, -0.25) is 14.4 Å². The van der Waals surface area contributed by atoms with E-state index >= 15 is 0 Å². The first-order valence-electron chi connectivity index (χ1n) is 11.5. The Hall–Kier alpha value is -3.28. The molecule has 34 heavy (non-hydrogen) atoms. The predicted molar refractivity (Wildman–Crippen MR) is 126 cm³/mol. The van der Waals surface area contributed by atoms with Crippen molar-refractivity contribution in [3.8, 4) is 5.88 Å².